The monoisotopic (exact) mass is 373 g/mol. The molecule has 1 aliphatic heterocycles. The second kappa shape index (κ2) is 8.80. The van der Waals surface area contributed by atoms with Crippen molar-refractivity contribution in [3.05, 3.63) is 29.6 Å². The Balaban J connectivity index is 1.55. The molecule has 0 atom stereocenters. The first-order valence-corrected chi connectivity index (χ1v) is 9.80. The molecule has 1 saturated heterocycles. The molecule has 1 amide bonds. The molecule has 0 unspecified atom stereocenters. The highest BCUT2D eigenvalue weighted by atomic mass is 32.1. The summed E-state index contributed by atoms with van der Waals surface area (Å²) in [5.74, 6) is -0.550. The first kappa shape index (κ1) is 18.4. The molecular weight excluding hydrogens is 350 g/mol. The highest BCUT2D eigenvalue weighted by molar-refractivity contribution is 7.14. The van der Waals surface area contributed by atoms with Crippen LogP contribution in [0.1, 0.15) is 32.6 Å². The summed E-state index contributed by atoms with van der Waals surface area (Å²) in [7, 11) is 0. The van der Waals surface area contributed by atoms with Crippen LogP contribution >= 0.6 is 11.3 Å². The molecule has 2 heterocycles. The largest absolute Gasteiger partial charge is 0.466 e. The van der Waals surface area contributed by atoms with E-state index in [-0.39, 0.29) is 24.7 Å². The maximum Gasteiger partial charge on any atom is 0.306 e. The molecule has 6 nitrogen and oxygen atoms in total. The number of hydrogen-bond acceptors (Lipinski definition) is 6. The summed E-state index contributed by atoms with van der Waals surface area (Å²) in [5, 5.41) is 5.94. The number of carbonyl (C=O) groups excluding carboxylic acids is 2. The predicted octanol–water partition coefficient (Wildman–Crippen LogP) is 3.69. The second-order valence-corrected chi connectivity index (χ2v) is 6.98. The molecule has 7 heteroatoms. The lowest BCUT2D eigenvalue weighted by molar-refractivity contribution is -0.144. The third kappa shape index (κ3) is 4.82. The molecule has 0 spiro atoms. The van der Waals surface area contributed by atoms with Gasteiger partial charge in [0.25, 0.3) is 0 Å². The third-order valence-corrected chi connectivity index (χ3v) is 5.10. The van der Waals surface area contributed by atoms with Crippen molar-refractivity contribution >= 4 is 34.0 Å². The minimum atomic E-state index is -0.352. The Morgan fingerprint density at radius 1 is 1.19 bits per heavy atom. The summed E-state index contributed by atoms with van der Waals surface area (Å²) < 4.78 is 4.82. The van der Waals surface area contributed by atoms with Crippen LogP contribution in [-0.4, -0.2) is 36.6 Å². The first-order valence-electron chi connectivity index (χ1n) is 8.92. The average Bonchev–Trinajstić information content (AvgIpc) is 3.32. The van der Waals surface area contributed by atoms with Gasteiger partial charge >= 0.3 is 5.97 Å². The number of amides is 1. The van der Waals surface area contributed by atoms with Crippen molar-refractivity contribution in [3.8, 4) is 11.3 Å². The van der Waals surface area contributed by atoms with Crippen LogP contribution < -0.4 is 10.2 Å². The smallest absolute Gasteiger partial charge is 0.306 e. The van der Waals surface area contributed by atoms with Gasteiger partial charge in [0, 0.05) is 36.1 Å². The number of hydrogen-bond donors (Lipinski definition) is 1. The van der Waals surface area contributed by atoms with Crippen LogP contribution in [0.4, 0.5) is 10.8 Å². The van der Waals surface area contributed by atoms with Crippen molar-refractivity contribution in [1.29, 1.82) is 0 Å². The van der Waals surface area contributed by atoms with E-state index in [9.17, 15) is 9.59 Å². The summed E-state index contributed by atoms with van der Waals surface area (Å²) in [6, 6.07) is 7.60. The minimum absolute atomic E-state index is 0.0931. The second-order valence-electron chi connectivity index (χ2n) is 6.14. The van der Waals surface area contributed by atoms with E-state index in [0.717, 1.165) is 29.5 Å². The number of anilines is 2. The number of carbonyl (C=O) groups is 2. The molecule has 2 aromatic rings. The Bertz CT molecular complexity index is 752. The van der Waals surface area contributed by atoms with Crippen molar-refractivity contribution in [2.24, 2.45) is 0 Å². The van der Waals surface area contributed by atoms with Crippen molar-refractivity contribution in [1.82, 2.24) is 4.98 Å². The lowest BCUT2D eigenvalue weighted by Gasteiger charge is -2.12. The van der Waals surface area contributed by atoms with Crippen LogP contribution in [0.3, 0.4) is 0 Å². The van der Waals surface area contributed by atoms with Crippen molar-refractivity contribution in [3.63, 3.8) is 0 Å². The van der Waals surface area contributed by atoms with E-state index < -0.39 is 0 Å². The highest BCUT2D eigenvalue weighted by Crippen LogP contribution is 2.30. The predicted molar refractivity (Wildman–Crippen MR) is 103 cm³/mol. The number of rotatable bonds is 7. The maximum absolute atomic E-state index is 11.9. The molecule has 1 aromatic heterocycles. The Kier molecular flexibility index (Phi) is 6.22. The number of aromatic nitrogens is 1. The number of nitrogens with one attached hydrogen (secondary N) is 1. The number of benzene rings is 1. The van der Waals surface area contributed by atoms with E-state index in [1.54, 1.807) is 18.3 Å². The van der Waals surface area contributed by atoms with Gasteiger partial charge in [0.2, 0.25) is 5.91 Å². The van der Waals surface area contributed by atoms with E-state index >= 15 is 0 Å². The Labute approximate surface area is 157 Å². The zero-order valence-corrected chi connectivity index (χ0v) is 15.7. The van der Waals surface area contributed by atoms with Crippen molar-refractivity contribution in [2.75, 3.05) is 29.9 Å². The van der Waals surface area contributed by atoms with Crippen LogP contribution in [0.25, 0.3) is 11.3 Å². The molecular formula is C19H23N3O3S. The van der Waals surface area contributed by atoms with Gasteiger partial charge in [-0.05, 0) is 31.9 Å². The molecule has 1 aliphatic rings. The van der Waals surface area contributed by atoms with Gasteiger partial charge in [0.15, 0.2) is 5.13 Å². The summed E-state index contributed by atoms with van der Waals surface area (Å²) in [4.78, 5) is 30.2. The normalized spacial score (nSPS) is 13.7. The van der Waals surface area contributed by atoms with Gasteiger partial charge in [-0.3, -0.25) is 9.59 Å². The Morgan fingerprint density at radius 3 is 2.62 bits per heavy atom. The van der Waals surface area contributed by atoms with Crippen LogP contribution in [0.15, 0.2) is 29.6 Å². The van der Waals surface area contributed by atoms with Crippen LogP contribution in [0, 0.1) is 0 Å². The lowest BCUT2D eigenvalue weighted by Crippen LogP contribution is -2.17. The van der Waals surface area contributed by atoms with Gasteiger partial charge in [-0.15, -0.1) is 11.3 Å². The van der Waals surface area contributed by atoms with Gasteiger partial charge in [0.05, 0.1) is 18.7 Å². The number of nitrogens with zero attached hydrogens (tertiary/aromatic N) is 2. The van der Waals surface area contributed by atoms with Gasteiger partial charge in [-0.25, -0.2) is 4.98 Å². The molecule has 26 heavy (non-hydrogen) atoms. The third-order valence-electron chi connectivity index (χ3n) is 4.19. The zero-order chi connectivity index (χ0) is 18.4. The molecule has 1 fully saturated rings. The maximum atomic E-state index is 11.9. The fraction of sp³-hybridized carbons (Fsp3) is 0.421. The first-order chi connectivity index (χ1) is 12.7. The molecule has 0 radical (unpaired) electrons. The quantitative estimate of drug-likeness (QED) is 0.750. The molecule has 1 aromatic carbocycles. The molecule has 0 saturated carbocycles. The number of ether oxygens (including phenoxy) is 1. The number of esters is 1. The highest BCUT2D eigenvalue weighted by Gasteiger charge is 2.16. The van der Waals surface area contributed by atoms with Crippen molar-refractivity contribution < 1.29 is 14.3 Å². The van der Waals surface area contributed by atoms with Crippen LogP contribution in [0.2, 0.25) is 0 Å². The zero-order valence-electron chi connectivity index (χ0n) is 14.9. The van der Waals surface area contributed by atoms with Gasteiger partial charge < -0.3 is 15.0 Å². The Morgan fingerprint density at radius 2 is 1.92 bits per heavy atom. The molecule has 0 bridgehead atoms. The molecule has 3 rings (SSSR count). The summed E-state index contributed by atoms with van der Waals surface area (Å²) in [6.45, 7) is 4.25. The van der Waals surface area contributed by atoms with Gasteiger partial charge in [0.1, 0.15) is 0 Å². The standard InChI is InChI=1S/C19H23N3O3S/c1-2-25-18(24)10-9-17(23)20-15-7-5-14(6-8-15)16-13-26-19(21-16)22-11-3-4-12-22/h5-8,13H,2-4,9-12H2,1H3,(H,20,23). The summed E-state index contributed by atoms with van der Waals surface area (Å²) in [6.07, 6.45) is 2.68. The van der Waals surface area contributed by atoms with E-state index in [1.807, 2.05) is 24.3 Å². The summed E-state index contributed by atoms with van der Waals surface area (Å²) in [5.41, 5.74) is 2.69. The molecule has 1 N–H and O–H groups in total. The van der Waals surface area contributed by atoms with E-state index in [0.29, 0.717) is 12.3 Å². The van der Waals surface area contributed by atoms with Gasteiger partial charge in [-0.2, -0.15) is 0 Å². The number of thiazole rings is 1. The average molecular weight is 373 g/mol. The fourth-order valence-electron chi connectivity index (χ4n) is 2.85. The van der Waals surface area contributed by atoms with Crippen molar-refractivity contribution in [2.45, 2.75) is 32.6 Å². The Hall–Kier alpha value is -2.41. The molecule has 0 aliphatic carbocycles. The van der Waals surface area contributed by atoms with E-state index in [1.165, 1.54) is 12.8 Å². The summed E-state index contributed by atoms with van der Waals surface area (Å²) >= 11 is 1.67. The molecule has 138 valence electrons. The van der Waals surface area contributed by atoms with E-state index in [4.69, 9.17) is 9.72 Å². The van der Waals surface area contributed by atoms with E-state index in [2.05, 4.69) is 15.6 Å². The van der Waals surface area contributed by atoms with Crippen LogP contribution in [0.5, 0.6) is 0 Å². The fourth-order valence-corrected chi connectivity index (χ4v) is 3.74. The van der Waals surface area contributed by atoms with Crippen LogP contribution in [-0.2, 0) is 14.3 Å². The van der Waals surface area contributed by atoms with Gasteiger partial charge in [-0.1, -0.05) is 12.1 Å². The SMILES string of the molecule is CCOC(=O)CCC(=O)Nc1ccc(-c2csc(N3CCCC3)n2)cc1. The topological polar surface area (TPSA) is 71.5 Å². The minimum Gasteiger partial charge on any atom is -0.466 e. The lowest BCUT2D eigenvalue weighted by atomic mass is 10.1.